The van der Waals surface area contributed by atoms with Crippen molar-refractivity contribution in [2.75, 3.05) is 27.2 Å². The first-order valence-corrected chi connectivity index (χ1v) is 7.83. The van der Waals surface area contributed by atoms with Crippen LogP contribution in [0.1, 0.15) is 51.4 Å². The summed E-state index contributed by atoms with van der Waals surface area (Å²) >= 11 is 0. The molecule has 1 saturated carbocycles. The standard InChI is InChI=1S/C15H29N3O/c1-18(2)15(9-5-3-6-10-15)12-17-14(19)13-8-4-7-11-16-13/h13,16H,3-12H2,1-2H3,(H,17,19)/t13-/m1/s1. The summed E-state index contributed by atoms with van der Waals surface area (Å²) in [7, 11) is 4.30. The Morgan fingerprint density at radius 2 is 1.95 bits per heavy atom. The van der Waals surface area contributed by atoms with Crippen molar-refractivity contribution in [1.82, 2.24) is 15.5 Å². The Morgan fingerprint density at radius 1 is 1.21 bits per heavy atom. The molecule has 2 fully saturated rings. The molecule has 0 spiro atoms. The topological polar surface area (TPSA) is 44.4 Å². The van der Waals surface area contributed by atoms with E-state index >= 15 is 0 Å². The van der Waals surface area contributed by atoms with E-state index in [0.29, 0.717) is 0 Å². The van der Waals surface area contributed by atoms with Gasteiger partial charge in [-0.2, -0.15) is 0 Å². The molecule has 1 aliphatic carbocycles. The maximum Gasteiger partial charge on any atom is 0.237 e. The van der Waals surface area contributed by atoms with Gasteiger partial charge in [0, 0.05) is 12.1 Å². The van der Waals surface area contributed by atoms with Gasteiger partial charge in [-0.25, -0.2) is 0 Å². The monoisotopic (exact) mass is 267 g/mol. The van der Waals surface area contributed by atoms with Gasteiger partial charge in [0.05, 0.1) is 6.04 Å². The van der Waals surface area contributed by atoms with E-state index < -0.39 is 0 Å². The number of piperidine rings is 1. The quantitative estimate of drug-likeness (QED) is 0.811. The fourth-order valence-electron chi connectivity index (χ4n) is 3.44. The molecule has 0 bridgehead atoms. The van der Waals surface area contributed by atoms with Crippen LogP contribution in [0.3, 0.4) is 0 Å². The smallest absolute Gasteiger partial charge is 0.237 e. The van der Waals surface area contributed by atoms with E-state index in [0.717, 1.165) is 19.5 Å². The summed E-state index contributed by atoms with van der Waals surface area (Å²) < 4.78 is 0. The number of carbonyl (C=O) groups excluding carboxylic acids is 1. The predicted molar refractivity (Wildman–Crippen MR) is 78.2 cm³/mol. The lowest BCUT2D eigenvalue weighted by molar-refractivity contribution is -0.124. The lowest BCUT2D eigenvalue weighted by atomic mass is 9.80. The van der Waals surface area contributed by atoms with E-state index in [1.807, 2.05) is 0 Å². The molecule has 1 aliphatic heterocycles. The normalized spacial score (nSPS) is 27.2. The number of hydrogen-bond acceptors (Lipinski definition) is 3. The Hall–Kier alpha value is -0.610. The molecular weight excluding hydrogens is 238 g/mol. The zero-order valence-electron chi connectivity index (χ0n) is 12.5. The van der Waals surface area contributed by atoms with Gasteiger partial charge in [-0.1, -0.05) is 25.7 Å². The van der Waals surface area contributed by atoms with Crippen LogP contribution in [0.2, 0.25) is 0 Å². The van der Waals surface area contributed by atoms with Crippen LogP contribution < -0.4 is 10.6 Å². The van der Waals surface area contributed by atoms with Gasteiger partial charge >= 0.3 is 0 Å². The van der Waals surface area contributed by atoms with E-state index in [-0.39, 0.29) is 17.5 Å². The summed E-state index contributed by atoms with van der Waals surface area (Å²) in [5.41, 5.74) is 0.183. The van der Waals surface area contributed by atoms with Gasteiger partial charge < -0.3 is 15.5 Å². The van der Waals surface area contributed by atoms with Gasteiger partial charge in [-0.3, -0.25) is 4.79 Å². The highest BCUT2D eigenvalue weighted by Gasteiger charge is 2.35. The molecule has 2 rings (SSSR count). The number of rotatable bonds is 4. The lowest BCUT2D eigenvalue weighted by Gasteiger charge is -2.43. The molecule has 1 atom stereocenters. The number of carbonyl (C=O) groups is 1. The van der Waals surface area contributed by atoms with Crippen molar-refractivity contribution < 1.29 is 4.79 Å². The van der Waals surface area contributed by atoms with Gasteiger partial charge in [0.15, 0.2) is 0 Å². The molecular formula is C15H29N3O. The van der Waals surface area contributed by atoms with Crippen molar-refractivity contribution in [2.45, 2.75) is 62.9 Å². The highest BCUT2D eigenvalue weighted by molar-refractivity contribution is 5.81. The van der Waals surface area contributed by atoms with E-state index in [4.69, 9.17) is 0 Å². The second-order valence-electron chi connectivity index (χ2n) is 6.40. The Labute approximate surface area is 117 Å². The minimum Gasteiger partial charge on any atom is -0.353 e. The lowest BCUT2D eigenvalue weighted by Crippen LogP contribution is -2.56. The van der Waals surface area contributed by atoms with Crippen LogP contribution in [0.15, 0.2) is 0 Å². The van der Waals surface area contributed by atoms with Crippen LogP contribution in [-0.4, -0.2) is 49.6 Å². The first kappa shape index (κ1) is 14.8. The van der Waals surface area contributed by atoms with Crippen molar-refractivity contribution in [3.05, 3.63) is 0 Å². The first-order chi connectivity index (χ1) is 9.14. The average Bonchev–Trinajstić information content (AvgIpc) is 2.46. The van der Waals surface area contributed by atoms with E-state index in [1.54, 1.807) is 0 Å². The largest absolute Gasteiger partial charge is 0.353 e. The van der Waals surface area contributed by atoms with Crippen molar-refractivity contribution in [3.8, 4) is 0 Å². The molecule has 1 heterocycles. The summed E-state index contributed by atoms with van der Waals surface area (Å²) in [6.45, 7) is 1.79. The van der Waals surface area contributed by atoms with E-state index in [2.05, 4.69) is 29.6 Å². The SMILES string of the molecule is CN(C)C1(CNC(=O)[C@H]2CCCCN2)CCCCC1. The summed E-state index contributed by atoms with van der Waals surface area (Å²) in [4.78, 5) is 14.5. The summed E-state index contributed by atoms with van der Waals surface area (Å²) in [6, 6.07) is 0.0385. The van der Waals surface area contributed by atoms with Gasteiger partial charge in [0.25, 0.3) is 0 Å². The van der Waals surface area contributed by atoms with Gasteiger partial charge in [0.2, 0.25) is 5.91 Å². The maximum atomic E-state index is 12.2. The number of nitrogens with zero attached hydrogens (tertiary/aromatic N) is 1. The van der Waals surface area contributed by atoms with Crippen LogP contribution in [0.4, 0.5) is 0 Å². The molecule has 0 aromatic rings. The van der Waals surface area contributed by atoms with Crippen LogP contribution in [0.5, 0.6) is 0 Å². The Balaban J connectivity index is 1.86. The highest BCUT2D eigenvalue weighted by Crippen LogP contribution is 2.31. The number of nitrogens with one attached hydrogen (secondary N) is 2. The van der Waals surface area contributed by atoms with Gasteiger partial charge in [-0.05, 0) is 46.3 Å². The molecule has 0 aromatic heterocycles. The number of likely N-dealkylation sites (N-methyl/N-ethyl adjacent to an activating group) is 1. The fourth-order valence-corrected chi connectivity index (χ4v) is 3.44. The van der Waals surface area contributed by atoms with Crippen LogP contribution >= 0.6 is 0 Å². The molecule has 1 amide bonds. The Kier molecular flexibility index (Phi) is 5.22. The third-order valence-electron chi connectivity index (χ3n) is 4.95. The van der Waals surface area contributed by atoms with E-state index in [9.17, 15) is 4.79 Å². The van der Waals surface area contributed by atoms with Crippen LogP contribution in [-0.2, 0) is 4.79 Å². The first-order valence-electron chi connectivity index (χ1n) is 7.83. The molecule has 2 aliphatic rings. The molecule has 4 heteroatoms. The second kappa shape index (κ2) is 6.71. The zero-order chi connectivity index (χ0) is 13.7. The van der Waals surface area contributed by atoms with Crippen molar-refractivity contribution in [2.24, 2.45) is 0 Å². The molecule has 0 unspecified atom stereocenters. The van der Waals surface area contributed by atoms with Crippen molar-refractivity contribution in [3.63, 3.8) is 0 Å². The van der Waals surface area contributed by atoms with E-state index in [1.165, 1.54) is 44.9 Å². The van der Waals surface area contributed by atoms with Crippen molar-refractivity contribution in [1.29, 1.82) is 0 Å². The molecule has 19 heavy (non-hydrogen) atoms. The zero-order valence-corrected chi connectivity index (χ0v) is 12.5. The Bertz CT molecular complexity index is 292. The molecule has 0 radical (unpaired) electrons. The van der Waals surface area contributed by atoms with Gasteiger partial charge in [-0.15, -0.1) is 0 Å². The maximum absolute atomic E-state index is 12.2. The number of hydrogen-bond donors (Lipinski definition) is 2. The van der Waals surface area contributed by atoms with Crippen LogP contribution in [0, 0.1) is 0 Å². The number of amides is 1. The highest BCUT2D eigenvalue weighted by atomic mass is 16.2. The molecule has 110 valence electrons. The molecule has 0 aromatic carbocycles. The molecule has 2 N–H and O–H groups in total. The third kappa shape index (κ3) is 3.69. The molecule has 1 saturated heterocycles. The van der Waals surface area contributed by atoms with Crippen molar-refractivity contribution >= 4 is 5.91 Å². The minimum atomic E-state index is 0.0385. The summed E-state index contributed by atoms with van der Waals surface area (Å²) in [5, 5.41) is 6.52. The second-order valence-corrected chi connectivity index (χ2v) is 6.40. The third-order valence-corrected chi connectivity index (χ3v) is 4.95. The average molecular weight is 267 g/mol. The summed E-state index contributed by atoms with van der Waals surface area (Å²) in [6.07, 6.45) is 9.69. The minimum absolute atomic E-state index is 0.0385. The summed E-state index contributed by atoms with van der Waals surface area (Å²) in [5.74, 6) is 0.200. The fraction of sp³-hybridized carbons (Fsp3) is 0.933. The predicted octanol–water partition coefficient (Wildman–Crippen LogP) is 1.51. The van der Waals surface area contributed by atoms with Crippen LogP contribution in [0.25, 0.3) is 0 Å². The Morgan fingerprint density at radius 3 is 2.53 bits per heavy atom. The molecule has 4 nitrogen and oxygen atoms in total. The van der Waals surface area contributed by atoms with Gasteiger partial charge in [0.1, 0.15) is 0 Å².